The van der Waals surface area contributed by atoms with E-state index in [9.17, 15) is 4.79 Å². The van der Waals surface area contributed by atoms with Gasteiger partial charge in [0.2, 0.25) is 0 Å². The Balaban J connectivity index is 1.55. The number of anilines is 1. The molecule has 0 radical (unpaired) electrons. The lowest BCUT2D eigenvalue weighted by Crippen LogP contribution is -2.15. The molecule has 0 saturated carbocycles. The minimum Gasteiger partial charge on any atom is -0.346 e. The molecule has 28 heavy (non-hydrogen) atoms. The molecule has 0 fully saturated rings. The van der Waals surface area contributed by atoms with Crippen molar-refractivity contribution in [1.29, 1.82) is 0 Å². The Morgan fingerprint density at radius 3 is 2.46 bits per heavy atom. The summed E-state index contributed by atoms with van der Waals surface area (Å²) in [5, 5.41) is 2.86. The number of hydrogen-bond donors (Lipinski definition) is 1. The molecule has 0 bridgehead atoms. The maximum atomic E-state index is 12.6. The van der Waals surface area contributed by atoms with Crippen molar-refractivity contribution in [3.63, 3.8) is 0 Å². The highest BCUT2D eigenvalue weighted by atomic mass is 16.1. The lowest BCUT2D eigenvalue weighted by atomic mass is 10.1. The molecule has 1 N–H and O–H groups in total. The van der Waals surface area contributed by atoms with Crippen LogP contribution in [0.25, 0.3) is 22.5 Å². The first-order valence-corrected chi connectivity index (χ1v) is 8.73. The van der Waals surface area contributed by atoms with Crippen LogP contribution in [0.3, 0.4) is 0 Å². The predicted molar refractivity (Wildman–Crippen MR) is 107 cm³/mol. The van der Waals surface area contributed by atoms with Gasteiger partial charge in [-0.2, -0.15) is 0 Å². The van der Waals surface area contributed by atoms with Crippen LogP contribution < -0.4 is 5.32 Å². The second-order valence-corrected chi connectivity index (χ2v) is 6.40. The van der Waals surface area contributed by atoms with E-state index in [0.717, 1.165) is 22.4 Å². The third kappa shape index (κ3) is 3.64. The number of aromatic nitrogens is 5. The molecule has 0 saturated heterocycles. The standard InChI is InChI=1S/C21H18N6O/c1-14-5-6-18(12-23-14)26-21(28)19-8-16(13-27(19)2)17-10-24-20(25-11-17)15-4-3-7-22-9-15/h3-13H,1-2H3,(H,26,28). The summed E-state index contributed by atoms with van der Waals surface area (Å²) in [6.45, 7) is 1.90. The fourth-order valence-electron chi connectivity index (χ4n) is 2.81. The SMILES string of the molecule is Cc1ccc(NC(=O)c2cc(-c3cnc(-c4cccnc4)nc3)cn2C)cn1. The number of pyridine rings is 2. The van der Waals surface area contributed by atoms with Crippen LogP contribution in [0.1, 0.15) is 16.2 Å². The molecular formula is C21H18N6O. The van der Waals surface area contributed by atoms with Crippen molar-refractivity contribution in [3.8, 4) is 22.5 Å². The summed E-state index contributed by atoms with van der Waals surface area (Å²) in [4.78, 5) is 29.7. The summed E-state index contributed by atoms with van der Waals surface area (Å²) in [7, 11) is 1.83. The van der Waals surface area contributed by atoms with E-state index in [1.165, 1.54) is 0 Å². The van der Waals surface area contributed by atoms with Gasteiger partial charge in [-0.25, -0.2) is 9.97 Å². The minimum absolute atomic E-state index is 0.202. The monoisotopic (exact) mass is 370 g/mol. The third-order valence-corrected chi connectivity index (χ3v) is 4.31. The smallest absolute Gasteiger partial charge is 0.272 e. The lowest BCUT2D eigenvalue weighted by Gasteiger charge is -2.05. The first-order chi connectivity index (χ1) is 13.6. The Kier molecular flexibility index (Phi) is 4.63. The summed E-state index contributed by atoms with van der Waals surface area (Å²) >= 11 is 0. The number of aryl methyl sites for hydroxylation is 2. The quantitative estimate of drug-likeness (QED) is 0.594. The zero-order valence-electron chi connectivity index (χ0n) is 15.5. The van der Waals surface area contributed by atoms with E-state index in [1.807, 2.05) is 50.5 Å². The fourth-order valence-corrected chi connectivity index (χ4v) is 2.81. The molecule has 1 amide bonds. The minimum atomic E-state index is -0.202. The number of amides is 1. The molecule has 7 heteroatoms. The van der Waals surface area contributed by atoms with E-state index in [0.29, 0.717) is 17.2 Å². The molecule has 0 aromatic carbocycles. The van der Waals surface area contributed by atoms with Gasteiger partial charge in [-0.1, -0.05) is 0 Å². The maximum Gasteiger partial charge on any atom is 0.272 e. The van der Waals surface area contributed by atoms with Crippen molar-refractivity contribution in [3.05, 3.63) is 78.9 Å². The van der Waals surface area contributed by atoms with E-state index in [4.69, 9.17) is 0 Å². The van der Waals surface area contributed by atoms with E-state index >= 15 is 0 Å². The first-order valence-electron chi connectivity index (χ1n) is 8.73. The molecule has 7 nitrogen and oxygen atoms in total. The van der Waals surface area contributed by atoms with Gasteiger partial charge < -0.3 is 9.88 Å². The molecule has 0 aliphatic heterocycles. The summed E-state index contributed by atoms with van der Waals surface area (Å²) in [5.41, 5.74) is 4.64. The number of carbonyl (C=O) groups is 1. The van der Waals surface area contributed by atoms with Crippen LogP contribution >= 0.6 is 0 Å². The zero-order chi connectivity index (χ0) is 19.5. The number of hydrogen-bond acceptors (Lipinski definition) is 5. The molecule has 4 aromatic rings. The van der Waals surface area contributed by atoms with Crippen molar-refractivity contribution < 1.29 is 4.79 Å². The van der Waals surface area contributed by atoms with Crippen molar-refractivity contribution in [1.82, 2.24) is 24.5 Å². The van der Waals surface area contributed by atoms with E-state index in [2.05, 4.69) is 25.3 Å². The van der Waals surface area contributed by atoms with Crippen LogP contribution in [-0.4, -0.2) is 30.4 Å². The van der Waals surface area contributed by atoms with Crippen molar-refractivity contribution in [2.75, 3.05) is 5.32 Å². The number of nitrogens with zero attached hydrogens (tertiary/aromatic N) is 5. The van der Waals surface area contributed by atoms with Crippen molar-refractivity contribution in [2.24, 2.45) is 7.05 Å². The molecule has 138 valence electrons. The largest absolute Gasteiger partial charge is 0.346 e. The third-order valence-electron chi connectivity index (χ3n) is 4.31. The van der Waals surface area contributed by atoms with Gasteiger partial charge in [-0.15, -0.1) is 0 Å². The van der Waals surface area contributed by atoms with Crippen LogP contribution in [0.15, 0.2) is 67.5 Å². The van der Waals surface area contributed by atoms with Gasteiger partial charge in [-0.05, 0) is 37.3 Å². The van der Waals surface area contributed by atoms with Crippen LogP contribution in [0.5, 0.6) is 0 Å². The first kappa shape index (κ1) is 17.5. The summed E-state index contributed by atoms with van der Waals surface area (Å²) in [6, 6.07) is 9.26. The Morgan fingerprint density at radius 1 is 0.964 bits per heavy atom. The van der Waals surface area contributed by atoms with Crippen LogP contribution in [0.4, 0.5) is 5.69 Å². The highest BCUT2D eigenvalue weighted by Crippen LogP contribution is 2.23. The van der Waals surface area contributed by atoms with Gasteiger partial charge in [0.1, 0.15) is 5.69 Å². The molecular weight excluding hydrogens is 352 g/mol. The highest BCUT2D eigenvalue weighted by Gasteiger charge is 2.14. The number of nitrogens with one attached hydrogen (secondary N) is 1. The molecule has 0 aliphatic carbocycles. The molecule has 0 aliphatic rings. The molecule has 0 unspecified atom stereocenters. The van der Waals surface area contributed by atoms with Gasteiger partial charge in [0.05, 0.1) is 11.9 Å². The van der Waals surface area contributed by atoms with Gasteiger partial charge in [0, 0.05) is 60.4 Å². The molecule has 4 rings (SSSR count). The van der Waals surface area contributed by atoms with E-state index in [1.54, 1.807) is 35.6 Å². The second kappa shape index (κ2) is 7.40. The van der Waals surface area contributed by atoms with E-state index in [-0.39, 0.29) is 5.91 Å². The van der Waals surface area contributed by atoms with Crippen molar-refractivity contribution >= 4 is 11.6 Å². The molecule has 4 heterocycles. The number of rotatable bonds is 4. The summed E-state index contributed by atoms with van der Waals surface area (Å²) < 4.78 is 1.78. The van der Waals surface area contributed by atoms with E-state index < -0.39 is 0 Å². The Morgan fingerprint density at radius 2 is 1.79 bits per heavy atom. The van der Waals surface area contributed by atoms with Crippen molar-refractivity contribution in [2.45, 2.75) is 6.92 Å². The summed E-state index contributed by atoms with van der Waals surface area (Å²) in [5.74, 6) is 0.407. The van der Waals surface area contributed by atoms with Gasteiger partial charge in [0.15, 0.2) is 5.82 Å². The average Bonchev–Trinajstić information content (AvgIpc) is 3.12. The number of carbonyl (C=O) groups excluding carboxylic acids is 1. The average molecular weight is 370 g/mol. The zero-order valence-corrected chi connectivity index (χ0v) is 15.5. The van der Waals surface area contributed by atoms with Gasteiger partial charge in [-0.3, -0.25) is 14.8 Å². The molecule has 0 atom stereocenters. The molecule has 0 spiro atoms. The maximum absolute atomic E-state index is 12.6. The Bertz CT molecular complexity index is 1100. The van der Waals surface area contributed by atoms with Gasteiger partial charge in [0.25, 0.3) is 5.91 Å². The molecule has 4 aromatic heterocycles. The predicted octanol–water partition coefficient (Wildman–Crippen LogP) is 3.50. The normalized spacial score (nSPS) is 10.6. The Hall–Kier alpha value is -3.87. The lowest BCUT2D eigenvalue weighted by molar-refractivity contribution is 0.101. The van der Waals surface area contributed by atoms with Crippen LogP contribution in [0, 0.1) is 6.92 Å². The topological polar surface area (TPSA) is 85.6 Å². The second-order valence-electron chi connectivity index (χ2n) is 6.40. The van der Waals surface area contributed by atoms with Crippen LogP contribution in [-0.2, 0) is 7.05 Å². The van der Waals surface area contributed by atoms with Gasteiger partial charge >= 0.3 is 0 Å². The highest BCUT2D eigenvalue weighted by molar-refractivity contribution is 6.04. The van der Waals surface area contributed by atoms with Crippen LogP contribution in [0.2, 0.25) is 0 Å². The Labute approximate surface area is 162 Å². The fraction of sp³-hybridized carbons (Fsp3) is 0.0952. The summed E-state index contributed by atoms with van der Waals surface area (Å²) in [6.07, 6.45) is 10.4.